The molecule has 1 aliphatic carbocycles. The Morgan fingerprint density at radius 2 is 1.82 bits per heavy atom. The van der Waals surface area contributed by atoms with E-state index in [2.05, 4.69) is 5.32 Å². The highest BCUT2D eigenvalue weighted by Crippen LogP contribution is 2.45. The van der Waals surface area contributed by atoms with Gasteiger partial charge in [0.05, 0.1) is 0 Å². The molecule has 0 saturated carbocycles. The number of nitrogens with one attached hydrogen (secondary N) is 1. The second-order valence-electron chi connectivity index (χ2n) is 5.00. The molecule has 1 saturated heterocycles. The van der Waals surface area contributed by atoms with Crippen LogP contribution in [0.1, 0.15) is 17.5 Å². The molecule has 0 radical (unpaired) electrons. The molecule has 4 nitrogen and oxygen atoms in total. The van der Waals surface area contributed by atoms with Gasteiger partial charge in [-0.05, 0) is 24.0 Å². The number of aliphatic carboxylic acids is 1. The first-order valence-electron chi connectivity index (χ1n) is 5.70. The monoisotopic (exact) mass is 231 g/mol. The molecule has 17 heavy (non-hydrogen) atoms. The molecule has 88 valence electrons. The highest BCUT2D eigenvalue weighted by atomic mass is 16.4. The molecule has 2 N–H and O–H groups in total. The molecule has 1 atom stereocenters. The molecule has 1 unspecified atom stereocenters. The van der Waals surface area contributed by atoms with Crippen LogP contribution in [-0.2, 0) is 22.4 Å². The molecule has 1 aromatic rings. The van der Waals surface area contributed by atoms with E-state index < -0.39 is 17.4 Å². The average molecular weight is 231 g/mol. The molecule has 3 rings (SSSR count). The Labute approximate surface area is 98.6 Å². The van der Waals surface area contributed by atoms with Crippen LogP contribution in [0.15, 0.2) is 24.3 Å². The highest BCUT2D eigenvalue weighted by Gasteiger charge is 2.53. The lowest BCUT2D eigenvalue weighted by Crippen LogP contribution is -2.44. The van der Waals surface area contributed by atoms with E-state index in [1.165, 1.54) is 11.1 Å². The predicted octanol–water partition coefficient (Wildman–Crippen LogP) is 0.745. The van der Waals surface area contributed by atoms with Gasteiger partial charge >= 0.3 is 5.97 Å². The van der Waals surface area contributed by atoms with Gasteiger partial charge in [0.15, 0.2) is 0 Å². The van der Waals surface area contributed by atoms with E-state index in [-0.39, 0.29) is 5.91 Å². The Morgan fingerprint density at radius 1 is 1.24 bits per heavy atom. The van der Waals surface area contributed by atoms with Crippen molar-refractivity contribution in [3.05, 3.63) is 35.4 Å². The fourth-order valence-corrected chi connectivity index (χ4v) is 3.16. The molecule has 1 spiro atoms. The van der Waals surface area contributed by atoms with E-state index in [9.17, 15) is 14.7 Å². The first-order chi connectivity index (χ1) is 8.11. The Morgan fingerprint density at radius 3 is 2.35 bits per heavy atom. The minimum Gasteiger partial charge on any atom is -0.480 e. The van der Waals surface area contributed by atoms with E-state index in [4.69, 9.17) is 0 Å². The average Bonchev–Trinajstić information content (AvgIpc) is 2.78. The molecule has 0 aromatic heterocycles. The van der Waals surface area contributed by atoms with Crippen LogP contribution in [-0.4, -0.2) is 23.0 Å². The van der Waals surface area contributed by atoms with Crippen molar-refractivity contribution in [2.45, 2.75) is 25.3 Å². The zero-order valence-corrected chi connectivity index (χ0v) is 9.27. The van der Waals surface area contributed by atoms with Gasteiger partial charge in [0.1, 0.15) is 6.04 Å². The summed E-state index contributed by atoms with van der Waals surface area (Å²) in [7, 11) is 0. The Hall–Kier alpha value is -1.84. The summed E-state index contributed by atoms with van der Waals surface area (Å²) < 4.78 is 0. The van der Waals surface area contributed by atoms with Crippen molar-refractivity contribution in [1.82, 2.24) is 5.32 Å². The van der Waals surface area contributed by atoms with Gasteiger partial charge in [-0.2, -0.15) is 0 Å². The van der Waals surface area contributed by atoms with Crippen LogP contribution in [0.25, 0.3) is 0 Å². The quantitative estimate of drug-likeness (QED) is 0.749. The van der Waals surface area contributed by atoms with Crippen molar-refractivity contribution in [1.29, 1.82) is 0 Å². The number of fused-ring (bicyclic) bond motifs is 1. The van der Waals surface area contributed by atoms with Crippen LogP contribution in [0, 0.1) is 5.41 Å². The number of rotatable bonds is 1. The van der Waals surface area contributed by atoms with E-state index in [0.29, 0.717) is 19.3 Å². The first-order valence-corrected chi connectivity index (χ1v) is 5.70. The summed E-state index contributed by atoms with van der Waals surface area (Å²) in [6.45, 7) is 0. The number of hydrogen-bond donors (Lipinski definition) is 2. The van der Waals surface area contributed by atoms with Gasteiger partial charge in [-0.15, -0.1) is 0 Å². The van der Waals surface area contributed by atoms with Crippen molar-refractivity contribution in [2.75, 3.05) is 0 Å². The molecule has 4 heteroatoms. The lowest BCUT2D eigenvalue weighted by atomic mass is 9.77. The maximum absolute atomic E-state index is 11.5. The largest absolute Gasteiger partial charge is 0.480 e. The minimum atomic E-state index is -0.927. The van der Waals surface area contributed by atoms with Crippen molar-refractivity contribution >= 4 is 11.9 Å². The smallest absolute Gasteiger partial charge is 0.326 e. The molecule has 1 aliphatic heterocycles. The lowest BCUT2D eigenvalue weighted by Gasteiger charge is -2.26. The van der Waals surface area contributed by atoms with Crippen LogP contribution in [0.3, 0.4) is 0 Å². The number of benzene rings is 1. The number of carbonyl (C=O) groups is 2. The Kier molecular flexibility index (Phi) is 2.02. The molecule has 1 aromatic carbocycles. The zero-order chi connectivity index (χ0) is 12.0. The summed E-state index contributed by atoms with van der Waals surface area (Å²) in [5.41, 5.74) is 1.90. The van der Waals surface area contributed by atoms with E-state index in [0.717, 1.165) is 0 Å². The summed E-state index contributed by atoms with van der Waals surface area (Å²) in [6.07, 6.45) is 1.68. The Balaban J connectivity index is 1.99. The normalized spacial score (nSPS) is 24.7. The van der Waals surface area contributed by atoms with Gasteiger partial charge in [0.25, 0.3) is 0 Å². The van der Waals surface area contributed by atoms with E-state index in [1.54, 1.807) is 0 Å². The first kappa shape index (κ1) is 10.3. The highest BCUT2D eigenvalue weighted by molar-refractivity contribution is 5.89. The summed E-state index contributed by atoms with van der Waals surface area (Å²) >= 11 is 0. The number of hydrogen-bond acceptors (Lipinski definition) is 2. The lowest BCUT2D eigenvalue weighted by molar-refractivity contribution is -0.142. The molecule has 2 aliphatic rings. The van der Waals surface area contributed by atoms with Crippen LogP contribution >= 0.6 is 0 Å². The third-order valence-electron chi connectivity index (χ3n) is 3.88. The van der Waals surface area contributed by atoms with Gasteiger partial charge in [0, 0.05) is 11.8 Å². The summed E-state index contributed by atoms with van der Waals surface area (Å²) in [5, 5.41) is 11.8. The van der Waals surface area contributed by atoms with Gasteiger partial charge in [-0.1, -0.05) is 24.3 Å². The second-order valence-corrected chi connectivity index (χ2v) is 5.00. The maximum Gasteiger partial charge on any atom is 0.326 e. The molecule has 1 heterocycles. The number of carboxylic acids is 1. The van der Waals surface area contributed by atoms with Gasteiger partial charge in [0.2, 0.25) is 5.91 Å². The van der Waals surface area contributed by atoms with Gasteiger partial charge in [-0.25, -0.2) is 4.79 Å². The maximum atomic E-state index is 11.5. The van der Waals surface area contributed by atoms with Crippen LogP contribution < -0.4 is 5.32 Å². The summed E-state index contributed by atoms with van der Waals surface area (Å²) in [6, 6.07) is 7.20. The van der Waals surface area contributed by atoms with Crippen molar-refractivity contribution in [3.8, 4) is 0 Å². The molecule has 0 bridgehead atoms. The molecule has 1 fully saturated rings. The van der Waals surface area contributed by atoms with Crippen molar-refractivity contribution in [3.63, 3.8) is 0 Å². The third-order valence-corrected chi connectivity index (χ3v) is 3.88. The number of carboxylic acid groups (broad SMARTS) is 1. The SMILES string of the molecule is O=C1CC2(Cc3ccccc3C2)C(C(=O)O)N1. The topological polar surface area (TPSA) is 66.4 Å². The standard InChI is InChI=1S/C13H13NO3/c15-10-7-13(11(14-10)12(16)17)5-8-3-1-2-4-9(8)6-13/h1-4,11H,5-7H2,(H,14,15)(H,16,17). The molecular weight excluding hydrogens is 218 g/mol. The predicted molar refractivity (Wildman–Crippen MR) is 60.5 cm³/mol. The zero-order valence-electron chi connectivity index (χ0n) is 9.27. The van der Waals surface area contributed by atoms with Gasteiger partial charge in [-0.3, -0.25) is 4.79 Å². The fraction of sp³-hybridized carbons (Fsp3) is 0.385. The summed E-state index contributed by atoms with van der Waals surface area (Å²) in [5.74, 6) is -1.08. The van der Waals surface area contributed by atoms with E-state index in [1.807, 2.05) is 24.3 Å². The van der Waals surface area contributed by atoms with Crippen LogP contribution in [0.5, 0.6) is 0 Å². The molecular formula is C13H13NO3. The fourth-order valence-electron chi connectivity index (χ4n) is 3.16. The van der Waals surface area contributed by atoms with Crippen LogP contribution in [0.2, 0.25) is 0 Å². The van der Waals surface area contributed by atoms with Crippen molar-refractivity contribution in [2.24, 2.45) is 5.41 Å². The number of amides is 1. The Bertz CT molecular complexity index is 484. The third kappa shape index (κ3) is 1.44. The molecule has 1 amide bonds. The van der Waals surface area contributed by atoms with Gasteiger partial charge < -0.3 is 10.4 Å². The van der Waals surface area contributed by atoms with Crippen LogP contribution in [0.4, 0.5) is 0 Å². The second kappa shape index (κ2) is 3.32. The summed E-state index contributed by atoms with van der Waals surface area (Å²) in [4.78, 5) is 22.7. The van der Waals surface area contributed by atoms with E-state index >= 15 is 0 Å². The number of carbonyl (C=O) groups excluding carboxylic acids is 1. The minimum absolute atomic E-state index is 0.148. The van der Waals surface area contributed by atoms with Crippen molar-refractivity contribution < 1.29 is 14.7 Å².